The van der Waals surface area contributed by atoms with Gasteiger partial charge in [0.2, 0.25) is 12.4 Å². The van der Waals surface area contributed by atoms with Gasteiger partial charge in [0.05, 0.1) is 0 Å². The Morgan fingerprint density at radius 3 is 2.74 bits per heavy atom. The van der Waals surface area contributed by atoms with Crippen molar-refractivity contribution in [2.24, 2.45) is 0 Å². The molecule has 0 radical (unpaired) electrons. The molecule has 1 aromatic heterocycles. The fourth-order valence-corrected chi connectivity index (χ4v) is 2.37. The fraction of sp³-hybridized carbons (Fsp3) is 0.600. The minimum atomic E-state index is -0.124. The zero-order valence-electron chi connectivity index (χ0n) is 13.6. The van der Waals surface area contributed by atoms with Crippen molar-refractivity contribution in [1.29, 1.82) is 0 Å². The lowest BCUT2D eigenvalue weighted by Crippen LogP contribution is -2.48. The maximum atomic E-state index is 12.6. The third-order valence-corrected chi connectivity index (χ3v) is 3.63. The number of anilines is 1. The summed E-state index contributed by atoms with van der Waals surface area (Å²) < 4.78 is 4.99. The molecule has 1 N–H and O–H groups in total. The molecule has 1 saturated heterocycles. The van der Waals surface area contributed by atoms with E-state index in [0.717, 1.165) is 18.5 Å². The number of aromatic nitrogens is 2. The first-order valence-electron chi connectivity index (χ1n) is 7.71. The van der Waals surface area contributed by atoms with E-state index < -0.39 is 0 Å². The largest absolute Gasteiger partial charge is 0.385 e. The molecular formula is C15H23N5O3. The van der Waals surface area contributed by atoms with E-state index in [0.29, 0.717) is 51.0 Å². The van der Waals surface area contributed by atoms with Gasteiger partial charge in [-0.05, 0) is 19.4 Å². The van der Waals surface area contributed by atoms with Crippen LogP contribution in [0.15, 0.2) is 6.07 Å². The Labute approximate surface area is 135 Å². The number of hydrogen-bond donors (Lipinski definition) is 1. The van der Waals surface area contributed by atoms with Gasteiger partial charge in [0.1, 0.15) is 5.69 Å². The van der Waals surface area contributed by atoms with Crippen molar-refractivity contribution >= 4 is 18.3 Å². The summed E-state index contributed by atoms with van der Waals surface area (Å²) in [5, 5.41) is 3.11. The molecule has 1 aromatic rings. The van der Waals surface area contributed by atoms with Crippen LogP contribution in [0.1, 0.15) is 22.6 Å². The van der Waals surface area contributed by atoms with Crippen molar-refractivity contribution in [1.82, 2.24) is 19.8 Å². The molecule has 1 aliphatic rings. The number of amides is 2. The molecule has 23 heavy (non-hydrogen) atoms. The number of aryl methyl sites for hydroxylation is 1. The topological polar surface area (TPSA) is 87.7 Å². The molecule has 8 nitrogen and oxygen atoms in total. The van der Waals surface area contributed by atoms with Crippen LogP contribution in [-0.2, 0) is 9.53 Å². The van der Waals surface area contributed by atoms with Crippen molar-refractivity contribution in [3.05, 3.63) is 17.5 Å². The quantitative estimate of drug-likeness (QED) is 0.568. The summed E-state index contributed by atoms with van der Waals surface area (Å²) in [6.45, 7) is 5.34. The Kier molecular flexibility index (Phi) is 6.28. The predicted molar refractivity (Wildman–Crippen MR) is 85.3 cm³/mol. The lowest BCUT2D eigenvalue weighted by molar-refractivity contribution is -0.119. The Balaban J connectivity index is 1.99. The number of piperazine rings is 1. The number of hydrogen-bond acceptors (Lipinski definition) is 6. The molecule has 0 bridgehead atoms. The van der Waals surface area contributed by atoms with Crippen LogP contribution in [-0.4, -0.2) is 78.5 Å². The average Bonchev–Trinajstić information content (AvgIpc) is 2.58. The second-order valence-corrected chi connectivity index (χ2v) is 5.42. The molecular weight excluding hydrogens is 298 g/mol. The van der Waals surface area contributed by atoms with E-state index in [9.17, 15) is 9.59 Å². The van der Waals surface area contributed by atoms with Crippen LogP contribution < -0.4 is 5.32 Å². The molecule has 1 aliphatic heterocycles. The molecule has 1 fully saturated rings. The van der Waals surface area contributed by atoms with Crippen LogP contribution in [0.4, 0.5) is 5.95 Å². The molecule has 126 valence electrons. The minimum Gasteiger partial charge on any atom is -0.385 e. The van der Waals surface area contributed by atoms with Gasteiger partial charge >= 0.3 is 0 Å². The molecule has 0 saturated carbocycles. The Morgan fingerprint density at radius 1 is 1.35 bits per heavy atom. The highest BCUT2D eigenvalue weighted by Crippen LogP contribution is 2.10. The second-order valence-electron chi connectivity index (χ2n) is 5.42. The summed E-state index contributed by atoms with van der Waals surface area (Å²) >= 11 is 0. The van der Waals surface area contributed by atoms with Gasteiger partial charge in [-0.2, -0.15) is 0 Å². The van der Waals surface area contributed by atoms with Gasteiger partial charge in [0.25, 0.3) is 5.91 Å². The first kappa shape index (κ1) is 17.1. The SMILES string of the molecule is COCCCNc1nc(C)cc(C(=O)N2CCN(C=O)CC2)n1. The number of nitrogens with zero attached hydrogens (tertiary/aromatic N) is 4. The molecule has 0 unspecified atom stereocenters. The number of ether oxygens (including phenoxy) is 1. The third-order valence-electron chi connectivity index (χ3n) is 3.63. The summed E-state index contributed by atoms with van der Waals surface area (Å²) in [5.74, 6) is 0.331. The van der Waals surface area contributed by atoms with Crippen LogP contribution in [0, 0.1) is 6.92 Å². The van der Waals surface area contributed by atoms with Gasteiger partial charge in [-0.3, -0.25) is 9.59 Å². The van der Waals surface area contributed by atoms with Crippen molar-refractivity contribution in [2.45, 2.75) is 13.3 Å². The van der Waals surface area contributed by atoms with Crippen LogP contribution in [0.3, 0.4) is 0 Å². The maximum Gasteiger partial charge on any atom is 0.272 e. The summed E-state index contributed by atoms with van der Waals surface area (Å²) in [7, 11) is 1.66. The molecule has 2 rings (SSSR count). The van der Waals surface area contributed by atoms with Crippen LogP contribution in [0.25, 0.3) is 0 Å². The normalized spacial score (nSPS) is 14.7. The zero-order valence-corrected chi connectivity index (χ0v) is 13.6. The Morgan fingerprint density at radius 2 is 2.09 bits per heavy atom. The van der Waals surface area contributed by atoms with Gasteiger partial charge in [-0.25, -0.2) is 9.97 Å². The van der Waals surface area contributed by atoms with E-state index in [1.807, 2.05) is 6.92 Å². The molecule has 0 spiro atoms. The highest BCUT2D eigenvalue weighted by Gasteiger charge is 2.22. The van der Waals surface area contributed by atoms with Gasteiger partial charge < -0.3 is 19.9 Å². The highest BCUT2D eigenvalue weighted by molar-refractivity contribution is 5.92. The first-order chi connectivity index (χ1) is 11.1. The number of methoxy groups -OCH3 is 1. The Hall–Kier alpha value is -2.22. The average molecular weight is 321 g/mol. The summed E-state index contributed by atoms with van der Waals surface area (Å²) in [4.78, 5) is 35.3. The number of carbonyl (C=O) groups excluding carboxylic acids is 2. The number of nitrogens with one attached hydrogen (secondary N) is 1. The molecule has 0 aliphatic carbocycles. The fourth-order valence-electron chi connectivity index (χ4n) is 2.37. The molecule has 0 atom stereocenters. The van der Waals surface area contributed by atoms with Crippen molar-refractivity contribution < 1.29 is 14.3 Å². The van der Waals surface area contributed by atoms with E-state index >= 15 is 0 Å². The van der Waals surface area contributed by atoms with Gasteiger partial charge in [-0.1, -0.05) is 0 Å². The summed E-state index contributed by atoms with van der Waals surface area (Å²) in [6, 6.07) is 1.69. The van der Waals surface area contributed by atoms with E-state index in [1.54, 1.807) is 23.0 Å². The van der Waals surface area contributed by atoms with E-state index in [-0.39, 0.29) is 5.91 Å². The zero-order chi connectivity index (χ0) is 16.7. The van der Waals surface area contributed by atoms with Crippen LogP contribution >= 0.6 is 0 Å². The van der Waals surface area contributed by atoms with Crippen molar-refractivity contribution in [3.63, 3.8) is 0 Å². The van der Waals surface area contributed by atoms with Gasteiger partial charge in [-0.15, -0.1) is 0 Å². The highest BCUT2D eigenvalue weighted by atomic mass is 16.5. The standard InChI is InChI=1S/C15H23N5O3/c1-12-10-13(18-15(17-12)16-4-3-9-23-2)14(22)20-7-5-19(11-21)6-8-20/h10-11H,3-9H2,1-2H3,(H,16,17,18). The number of carbonyl (C=O) groups is 2. The predicted octanol–water partition coefficient (Wildman–Crippen LogP) is 0.148. The summed E-state index contributed by atoms with van der Waals surface area (Å²) in [5.41, 5.74) is 1.12. The third kappa shape index (κ3) is 4.88. The first-order valence-corrected chi connectivity index (χ1v) is 7.71. The van der Waals surface area contributed by atoms with E-state index in [4.69, 9.17) is 4.74 Å². The molecule has 0 aromatic carbocycles. The smallest absolute Gasteiger partial charge is 0.272 e. The monoisotopic (exact) mass is 321 g/mol. The Bertz CT molecular complexity index is 544. The van der Waals surface area contributed by atoms with E-state index in [2.05, 4.69) is 15.3 Å². The second kappa shape index (κ2) is 8.42. The van der Waals surface area contributed by atoms with Gasteiger partial charge in [0, 0.05) is 52.1 Å². The molecule has 2 heterocycles. The van der Waals surface area contributed by atoms with Crippen molar-refractivity contribution in [3.8, 4) is 0 Å². The van der Waals surface area contributed by atoms with Gasteiger partial charge in [0.15, 0.2) is 0 Å². The lowest BCUT2D eigenvalue weighted by atomic mass is 10.2. The molecule has 8 heteroatoms. The minimum absolute atomic E-state index is 0.124. The summed E-state index contributed by atoms with van der Waals surface area (Å²) in [6.07, 6.45) is 1.66. The lowest BCUT2D eigenvalue weighted by Gasteiger charge is -2.32. The van der Waals surface area contributed by atoms with E-state index in [1.165, 1.54) is 0 Å². The van der Waals surface area contributed by atoms with Crippen LogP contribution in [0.2, 0.25) is 0 Å². The number of rotatable bonds is 7. The molecule has 2 amide bonds. The maximum absolute atomic E-state index is 12.6. The van der Waals surface area contributed by atoms with Crippen LogP contribution in [0.5, 0.6) is 0 Å². The van der Waals surface area contributed by atoms with Crippen molar-refractivity contribution in [2.75, 3.05) is 51.8 Å².